The molecular weight excluding hydrogens is 357 g/mol. The normalized spacial score (nSPS) is 19.6. The summed E-state index contributed by atoms with van der Waals surface area (Å²) in [6.07, 6.45) is 3.43. The molecule has 0 saturated carbocycles. The van der Waals surface area contributed by atoms with Crippen LogP contribution in [-0.2, 0) is 9.31 Å². The molecule has 1 aliphatic heterocycles. The number of pyridine rings is 1. The second-order valence-electron chi connectivity index (χ2n) is 7.16. The maximum atomic E-state index is 10.6. The predicted molar refractivity (Wildman–Crippen MR) is 106 cm³/mol. The van der Waals surface area contributed by atoms with Gasteiger partial charge in [-0.3, -0.25) is 4.98 Å². The number of thiol groups is 1. The highest BCUT2D eigenvalue weighted by atomic mass is 35.5. The first-order chi connectivity index (χ1) is 11.7. The molecule has 1 aliphatic rings. The van der Waals surface area contributed by atoms with Crippen molar-refractivity contribution in [2.45, 2.75) is 38.9 Å². The summed E-state index contributed by atoms with van der Waals surface area (Å²) in [6, 6.07) is 5.33. The van der Waals surface area contributed by atoms with Gasteiger partial charge in [0, 0.05) is 22.9 Å². The number of rotatable bonds is 3. The zero-order valence-corrected chi connectivity index (χ0v) is 16.4. The van der Waals surface area contributed by atoms with Crippen LogP contribution in [0.5, 0.6) is 5.75 Å². The Morgan fingerprint density at radius 2 is 1.96 bits per heavy atom. The minimum absolute atomic E-state index is 0.0794. The lowest BCUT2D eigenvalue weighted by atomic mass is 9.78. The molecule has 0 spiro atoms. The first-order valence-corrected chi connectivity index (χ1v) is 9.10. The third kappa shape index (κ3) is 3.28. The average molecular weight is 378 g/mol. The van der Waals surface area contributed by atoms with Crippen molar-refractivity contribution in [3.8, 4) is 5.75 Å². The highest BCUT2D eigenvalue weighted by Gasteiger charge is 2.52. The second kappa shape index (κ2) is 6.51. The Labute approximate surface area is 158 Å². The Kier molecular flexibility index (Phi) is 4.84. The van der Waals surface area contributed by atoms with Gasteiger partial charge in [0.05, 0.1) is 16.2 Å². The number of hydrogen-bond acceptors (Lipinski definition) is 5. The van der Waals surface area contributed by atoms with E-state index in [-0.39, 0.29) is 5.75 Å². The van der Waals surface area contributed by atoms with Crippen LogP contribution in [0, 0.1) is 0 Å². The Hall–Kier alpha value is -1.21. The zero-order chi connectivity index (χ0) is 18.4. The third-order valence-electron chi connectivity index (χ3n) is 4.92. The number of halogens is 1. The van der Waals surface area contributed by atoms with Crippen LogP contribution in [0.3, 0.4) is 0 Å². The minimum atomic E-state index is -0.528. The van der Waals surface area contributed by atoms with Gasteiger partial charge in [0.25, 0.3) is 0 Å². The summed E-state index contributed by atoms with van der Waals surface area (Å²) in [5.74, 6) is 0.504. The number of nitrogens with zero attached hydrogens (tertiary/aromatic N) is 1. The van der Waals surface area contributed by atoms with Crippen molar-refractivity contribution in [1.29, 1.82) is 0 Å². The molecule has 7 heteroatoms. The Bertz CT molecular complexity index is 838. The summed E-state index contributed by atoms with van der Waals surface area (Å²) in [7, 11) is -0.528. The van der Waals surface area contributed by atoms with Gasteiger partial charge in [0.1, 0.15) is 11.3 Å². The molecule has 1 fully saturated rings. The van der Waals surface area contributed by atoms with Crippen LogP contribution >= 0.6 is 24.2 Å². The number of benzene rings is 1. The van der Waals surface area contributed by atoms with Crippen molar-refractivity contribution in [3.05, 3.63) is 40.5 Å². The molecule has 0 unspecified atom stereocenters. The van der Waals surface area contributed by atoms with Crippen LogP contribution in [0.15, 0.2) is 29.9 Å². The van der Waals surface area contributed by atoms with Crippen LogP contribution in [-0.4, -0.2) is 34.2 Å². The molecule has 25 heavy (non-hydrogen) atoms. The summed E-state index contributed by atoms with van der Waals surface area (Å²) >= 11 is 10.8. The van der Waals surface area contributed by atoms with E-state index in [1.807, 2.05) is 39.8 Å². The molecule has 2 heterocycles. The standard InChI is InChI=1S/C18H21BClNO3S/c1-17(2)18(3,4)24-19(23-17)12(10-25)8-11-9-14(20)13-6-5-7-21-15(13)16(11)22/h5-9,22,25H,10H2,1-4H3. The molecule has 1 aromatic heterocycles. The fourth-order valence-corrected chi connectivity index (χ4v) is 3.21. The van der Waals surface area contributed by atoms with Gasteiger partial charge in [0.2, 0.25) is 0 Å². The number of hydrogen-bond donors (Lipinski definition) is 2. The van der Waals surface area contributed by atoms with Crippen molar-refractivity contribution >= 4 is 48.3 Å². The van der Waals surface area contributed by atoms with Crippen LogP contribution < -0.4 is 0 Å². The maximum Gasteiger partial charge on any atom is 0.491 e. The maximum absolute atomic E-state index is 10.6. The van der Waals surface area contributed by atoms with Crippen LogP contribution in [0.1, 0.15) is 33.3 Å². The summed E-state index contributed by atoms with van der Waals surface area (Å²) in [5.41, 5.74) is 0.960. The number of fused-ring (bicyclic) bond motifs is 1. The van der Waals surface area contributed by atoms with Gasteiger partial charge in [-0.1, -0.05) is 17.7 Å². The van der Waals surface area contributed by atoms with Crippen molar-refractivity contribution in [1.82, 2.24) is 4.98 Å². The van der Waals surface area contributed by atoms with Gasteiger partial charge < -0.3 is 14.4 Å². The van der Waals surface area contributed by atoms with E-state index in [1.165, 1.54) is 0 Å². The summed E-state index contributed by atoms with van der Waals surface area (Å²) in [4.78, 5) is 4.23. The van der Waals surface area contributed by atoms with E-state index in [9.17, 15) is 5.11 Å². The van der Waals surface area contributed by atoms with E-state index in [0.29, 0.717) is 27.2 Å². The van der Waals surface area contributed by atoms with Crippen molar-refractivity contribution < 1.29 is 14.4 Å². The monoisotopic (exact) mass is 377 g/mol. The molecule has 1 aromatic carbocycles. The molecular formula is C18H21BClNO3S. The molecule has 4 nitrogen and oxygen atoms in total. The van der Waals surface area contributed by atoms with Crippen molar-refractivity contribution in [2.75, 3.05) is 5.75 Å². The first-order valence-electron chi connectivity index (χ1n) is 8.09. The van der Waals surface area contributed by atoms with Gasteiger partial charge in [-0.25, -0.2) is 0 Å². The lowest BCUT2D eigenvalue weighted by Gasteiger charge is -2.32. The van der Waals surface area contributed by atoms with Crippen LogP contribution in [0.2, 0.25) is 5.02 Å². The molecule has 1 N–H and O–H groups in total. The van der Waals surface area contributed by atoms with Gasteiger partial charge in [-0.15, -0.1) is 0 Å². The Morgan fingerprint density at radius 1 is 1.32 bits per heavy atom. The fourth-order valence-electron chi connectivity index (χ4n) is 2.70. The highest BCUT2D eigenvalue weighted by molar-refractivity contribution is 7.80. The first kappa shape index (κ1) is 18.6. The van der Waals surface area contributed by atoms with E-state index >= 15 is 0 Å². The highest BCUT2D eigenvalue weighted by Crippen LogP contribution is 2.40. The van der Waals surface area contributed by atoms with Crippen LogP contribution in [0.4, 0.5) is 0 Å². The third-order valence-corrected chi connectivity index (χ3v) is 5.60. The molecule has 0 bridgehead atoms. The lowest BCUT2D eigenvalue weighted by Crippen LogP contribution is -2.41. The van der Waals surface area contributed by atoms with Gasteiger partial charge in [-0.2, -0.15) is 12.6 Å². The van der Waals surface area contributed by atoms with E-state index in [2.05, 4.69) is 17.6 Å². The minimum Gasteiger partial charge on any atom is -0.505 e. The summed E-state index contributed by atoms with van der Waals surface area (Å²) in [5, 5.41) is 11.8. The Balaban J connectivity index is 2.04. The smallest absolute Gasteiger partial charge is 0.491 e. The van der Waals surface area contributed by atoms with Crippen molar-refractivity contribution in [2.24, 2.45) is 0 Å². The van der Waals surface area contributed by atoms with Gasteiger partial charge in [0.15, 0.2) is 0 Å². The van der Waals surface area contributed by atoms with Gasteiger partial charge >= 0.3 is 7.12 Å². The largest absolute Gasteiger partial charge is 0.505 e. The molecule has 132 valence electrons. The number of aromatic hydroxyl groups is 1. The molecule has 1 saturated heterocycles. The number of phenols is 1. The summed E-state index contributed by atoms with van der Waals surface area (Å²) < 4.78 is 12.2. The van der Waals surface area contributed by atoms with Crippen LogP contribution in [0.25, 0.3) is 17.0 Å². The lowest BCUT2D eigenvalue weighted by molar-refractivity contribution is 0.00578. The van der Waals surface area contributed by atoms with E-state index < -0.39 is 18.3 Å². The molecule has 2 aromatic rings. The van der Waals surface area contributed by atoms with E-state index in [1.54, 1.807) is 18.3 Å². The predicted octanol–water partition coefficient (Wildman–Crippen LogP) is 4.54. The average Bonchev–Trinajstić information content (AvgIpc) is 2.77. The van der Waals surface area contributed by atoms with E-state index in [4.69, 9.17) is 20.9 Å². The van der Waals surface area contributed by atoms with Crippen molar-refractivity contribution in [3.63, 3.8) is 0 Å². The SMILES string of the molecule is CC1(C)OB(C(=Cc2cc(Cl)c3cccnc3c2O)CS)OC1(C)C. The molecule has 0 radical (unpaired) electrons. The fraction of sp³-hybridized carbons (Fsp3) is 0.389. The topological polar surface area (TPSA) is 51.6 Å². The van der Waals surface area contributed by atoms with Gasteiger partial charge in [-0.05, 0) is 51.4 Å². The molecule has 0 atom stereocenters. The molecule has 0 amide bonds. The van der Waals surface area contributed by atoms with E-state index in [0.717, 1.165) is 5.47 Å². The quantitative estimate of drug-likeness (QED) is 0.609. The zero-order valence-electron chi connectivity index (χ0n) is 14.7. The number of aromatic nitrogens is 1. The summed E-state index contributed by atoms with van der Waals surface area (Å²) in [6.45, 7) is 7.99. The Morgan fingerprint density at radius 3 is 2.56 bits per heavy atom. The number of phenolic OH excluding ortho intramolecular Hbond substituents is 1. The molecule has 3 rings (SSSR count). The second-order valence-corrected chi connectivity index (χ2v) is 7.88. The molecule has 0 aliphatic carbocycles.